The van der Waals surface area contributed by atoms with Crippen molar-refractivity contribution in [3.8, 4) is 0 Å². The maximum absolute atomic E-state index is 14.4. The number of thioether (sulfide) groups is 1. The van der Waals surface area contributed by atoms with Crippen LogP contribution in [0.4, 0.5) is 15.9 Å². The van der Waals surface area contributed by atoms with Gasteiger partial charge in [-0.15, -0.1) is 0 Å². The lowest BCUT2D eigenvalue weighted by Crippen LogP contribution is -2.47. The van der Waals surface area contributed by atoms with Gasteiger partial charge in [0.2, 0.25) is 0 Å². The fraction of sp³-hybridized carbons (Fsp3) is 0.333. The van der Waals surface area contributed by atoms with Crippen molar-refractivity contribution in [1.82, 2.24) is 14.3 Å². The smallest absolute Gasteiger partial charge is 0.267 e. The number of thiocarbonyl (C=S) groups is 1. The summed E-state index contributed by atoms with van der Waals surface area (Å²) in [5.41, 5.74) is 1.25. The predicted octanol–water partition coefficient (Wildman–Crippen LogP) is 4.30. The summed E-state index contributed by atoms with van der Waals surface area (Å²) in [5.74, 6) is 0.160. The lowest BCUT2D eigenvalue weighted by Gasteiger charge is -2.37. The molecule has 1 aromatic carbocycles. The minimum absolute atomic E-state index is 0.130. The number of carbonyl (C=O) groups is 1. The Labute approximate surface area is 223 Å². The third-order valence-corrected chi connectivity index (χ3v) is 8.64. The van der Waals surface area contributed by atoms with E-state index in [4.69, 9.17) is 17.2 Å². The molecule has 0 radical (unpaired) electrons. The Hall–Kier alpha value is -3.24. The molecule has 1 aliphatic carbocycles. The van der Waals surface area contributed by atoms with Crippen molar-refractivity contribution in [3.63, 3.8) is 0 Å². The number of rotatable bonds is 4. The summed E-state index contributed by atoms with van der Waals surface area (Å²) in [6, 6.07) is 12.3. The number of pyridine rings is 1. The van der Waals surface area contributed by atoms with Gasteiger partial charge >= 0.3 is 0 Å². The van der Waals surface area contributed by atoms with Gasteiger partial charge in [0, 0.05) is 38.4 Å². The molecular formula is C27H26FN5O2S2. The van der Waals surface area contributed by atoms with Crippen molar-refractivity contribution in [2.45, 2.75) is 31.7 Å². The molecule has 1 saturated carbocycles. The molecule has 0 unspecified atom stereocenters. The molecule has 10 heteroatoms. The first-order valence-corrected chi connectivity index (χ1v) is 13.8. The number of benzene rings is 1. The van der Waals surface area contributed by atoms with Crippen LogP contribution in [0.5, 0.6) is 0 Å². The zero-order chi connectivity index (χ0) is 25.5. The molecule has 6 rings (SSSR count). The Morgan fingerprint density at radius 3 is 2.43 bits per heavy atom. The van der Waals surface area contributed by atoms with Crippen molar-refractivity contribution < 1.29 is 9.18 Å². The lowest BCUT2D eigenvalue weighted by atomic mass is 10.2. The SMILES string of the molecule is O=C1C(=Cc2c(N3CCN(c4ccccc4F)CC3)nc3ccccn3c2=O)SC(=S)N1C1CCCC1. The van der Waals surface area contributed by atoms with Crippen LogP contribution in [-0.2, 0) is 4.79 Å². The summed E-state index contributed by atoms with van der Waals surface area (Å²) in [6.45, 7) is 2.29. The number of nitrogens with zero attached hydrogens (tertiary/aromatic N) is 5. The molecule has 7 nitrogen and oxygen atoms in total. The lowest BCUT2D eigenvalue weighted by molar-refractivity contribution is -0.123. The number of fused-ring (bicyclic) bond motifs is 1. The quantitative estimate of drug-likeness (QED) is 0.365. The van der Waals surface area contributed by atoms with Crippen molar-refractivity contribution in [2.75, 3.05) is 36.0 Å². The number of hydrogen-bond acceptors (Lipinski definition) is 7. The van der Waals surface area contributed by atoms with E-state index in [9.17, 15) is 14.0 Å². The molecule has 1 amide bonds. The standard InChI is InChI=1S/C27H26FN5O2S2/c28-20-9-3-4-10-21(20)30-13-15-31(16-14-30)24-19(25(34)32-12-6-5-11-23(32)29-24)17-22-26(35)33(27(36)37-22)18-7-1-2-8-18/h3-6,9-12,17-18H,1-2,7-8,13-16H2. The molecule has 3 aliphatic rings. The first-order valence-electron chi connectivity index (χ1n) is 12.5. The largest absolute Gasteiger partial charge is 0.366 e. The van der Waals surface area contributed by atoms with E-state index in [0.29, 0.717) is 58.1 Å². The number of piperazine rings is 1. The van der Waals surface area contributed by atoms with E-state index in [1.54, 1.807) is 41.4 Å². The number of halogens is 1. The summed E-state index contributed by atoms with van der Waals surface area (Å²) in [7, 11) is 0. The maximum atomic E-state index is 14.4. The van der Waals surface area contributed by atoms with Gasteiger partial charge in [0.15, 0.2) is 0 Å². The summed E-state index contributed by atoms with van der Waals surface area (Å²) in [5, 5.41) is 0. The number of aromatic nitrogens is 2. The van der Waals surface area contributed by atoms with E-state index < -0.39 is 0 Å². The Balaban J connectivity index is 1.36. The highest BCUT2D eigenvalue weighted by atomic mass is 32.2. The number of anilines is 2. The van der Waals surface area contributed by atoms with Crippen LogP contribution in [0.3, 0.4) is 0 Å². The van der Waals surface area contributed by atoms with Crippen LogP contribution in [0.25, 0.3) is 11.7 Å². The second-order valence-corrected chi connectivity index (χ2v) is 11.2. The average molecular weight is 536 g/mol. The number of para-hydroxylation sites is 1. The first kappa shape index (κ1) is 24.1. The van der Waals surface area contributed by atoms with E-state index in [-0.39, 0.29) is 23.3 Å². The molecule has 4 heterocycles. The topological polar surface area (TPSA) is 61.2 Å². The van der Waals surface area contributed by atoms with E-state index in [1.165, 1.54) is 22.2 Å². The zero-order valence-electron chi connectivity index (χ0n) is 20.2. The van der Waals surface area contributed by atoms with Gasteiger partial charge in [-0.3, -0.25) is 18.9 Å². The summed E-state index contributed by atoms with van der Waals surface area (Å²) < 4.78 is 16.4. The van der Waals surface area contributed by atoms with Crippen LogP contribution >= 0.6 is 24.0 Å². The third-order valence-electron chi connectivity index (χ3n) is 7.31. The van der Waals surface area contributed by atoms with Crippen molar-refractivity contribution in [3.05, 3.63) is 75.3 Å². The highest BCUT2D eigenvalue weighted by molar-refractivity contribution is 8.26. The molecule has 0 atom stereocenters. The molecule has 0 bridgehead atoms. The number of carbonyl (C=O) groups excluding carboxylic acids is 1. The van der Waals surface area contributed by atoms with E-state index >= 15 is 0 Å². The minimum atomic E-state index is -0.247. The van der Waals surface area contributed by atoms with Crippen LogP contribution in [-0.4, -0.2) is 56.7 Å². The highest BCUT2D eigenvalue weighted by Gasteiger charge is 2.38. The second kappa shape index (κ2) is 9.90. The molecule has 2 saturated heterocycles. The van der Waals surface area contributed by atoms with Crippen molar-refractivity contribution >= 4 is 57.4 Å². The normalized spacial score (nSPS) is 20.1. The van der Waals surface area contributed by atoms with Crippen LogP contribution in [0.15, 0.2) is 58.4 Å². The van der Waals surface area contributed by atoms with Crippen LogP contribution in [0.1, 0.15) is 31.2 Å². The fourth-order valence-electron chi connectivity index (χ4n) is 5.41. The average Bonchev–Trinajstić information content (AvgIpc) is 3.53. The van der Waals surface area contributed by atoms with Gasteiger partial charge in [0.1, 0.15) is 21.6 Å². The molecule has 2 aliphatic heterocycles. The molecular weight excluding hydrogens is 509 g/mol. The minimum Gasteiger partial charge on any atom is -0.366 e. The summed E-state index contributed by atoms with van der Waals surface area (Å²) in [4.78, 5) is 38.1. The van der Waals surface area contributed by atoms with E-state index in [0.717, 1.165) is 25.7 Å². The van der Waals surface area contributed by atoms with Gasteiger partial charge in [-0.05, 0) is 43.2 Å². The third kappa shape index (κ3) is 4.42. The summed E-state index contributed by atoms with van der Waals surface area (Å²) in [6.07, 6.45) is 7.46. The van der Waals surface area contributed by atoms with Crippen LogP contribution < -0.4 is 15.4 Å². The highest BCUT2D eigenvalue weighted by Crippen LogP contribution is 2.38. The van der Waals surface area contributed by atoms with Gasteiger partial charge in [-0.1, -0.05) is 55.0 Å². The Morgan fingerprint density at radius 1 is 0.973 bits per heavy atom. The van der Waals surface area contributed by atoms with Crippen LogP contribution in [0.2, 0.25) is 0 Å². The predicted molar refractivity (Wildman–Crippen MR) is 150 cm³/mol. The van der Waals surface area contributed by atoms with Crippen LogP contribution in [0, 0.1) is 5.82 Å². The Kier molecular flexibility index (Phi) is 6.46. The monoisotopic (exact) mass is 535 g/mol. The van der Waals surface area contributed by atoms with Crippen molar-refractivity contribution in [2.24, 2.45) is 0 Å². The maximum Gasteiger partial charge on any atom is 0.267 e. The molecule has 2 aromatic heterocycles. The van der Waals surface area contributed by atoms with E-state index in [1.807, 2.05) is 17.0 Å². The summed E-state index contributed by atoms with van der Waals surface area (Å²) >= 11 is 6.82. The molecule has 190 valence electrons. The van der Waals surface area contributed by atoms with Gasteiger partial charge in [0.25, 0.3) is 11.5 Å². The Morgan fingerprint density at radius 2 is 1.68 bits per heavy atom. The molecule has 0 N–H and O–H groups in total. The van der Waals surface area contributed by atoms with Crippen molar-refractivity contribution in [1.29, 1.82) is 0 Å². The zero-order valence-corrected chi connectivity index (χ0v) is 21.8. The second-order valence-electron chi connectivity index (χ2n) is 9.50. The number of hydrogen-bond donors (Lipinski definition) is 0. The van der Waals surface area contributed by atoms with Gasteiger partial charge < -0.3 is 9.80 Å². The molecule has 0 spiro atoms. The van der Waals surface area contributed by atoms with Gasteiger partial charge in [-0.25, -0.2) is 9.37 Å². The fourth-order valence-corrected chi connectivity index (χ4v) is 6.80. The van der Waals surface area contributed by atoms with Gasteiger partial charge in [-0.2, -0.15) is 0 Å². The molecule has 37 heavy (non-hydrogen) atoms. The molecule has 3 fully saturated rings. The Bertz CT molecular complexity index is 1480. The number of amides is 1. The van der Waals surface area contributed by atoms with E-state index in [2.05, 4.69) is 4.90 Å². The first-order chi connectivity index (χ1) is 18.0. The van der Waals surface area contributed by atoms with Gasteiger partial charge in [0.05, 0.1) is 16.2 Å². The molecule has 3 aromatic rings.